The van der Waals surface area contributed by atoms with Crippen LogP contribution in [0, 0.1) is 0 Å². The third-order valence-corrected chi connectivity index (χ3v) is 6.79. The molecule has 0 spiro atoms. The van der Waals surface area contributed by atoms with Gasteiger partial charge in [0.2, 0.25) is 5.91 Å². The maximum atomic E-state index is 12.7. The molecule has 4 rings (SSSR count). The van der Waals surface area contributed by atoms with Gasteiger partial charge in [0.05, 0.1) is 23.2 Å². The van der Waals surface area contributed by atoms with E-state index in [4.69, 9.17) is 0 Å². The Morgan fingerprint density at radius 3 is 2.62 bits per heavy atom. The first kappa shape index (κ1) is 17.2. The Morgan fingerprint density at radius 2 is 1.92 bits per heavy atom. The van der Waals surface area contributed by atoms with Crippen LogP contribution in [0.2, 0.25) is 0 Å². The minimum absolute atomic E-state index is 0.0226. The summed E-state index contributed by atoms with van der Waals surface area (Å²) in [5.41, 5.74) is 0. The highest BCUT2D eigenvalue weighted by Crippen LogP contribution is 2.39. The van der Waals surface area contributed by atoms with Gasteiger partial charge in [-0.2, -0.15) is 5.10 Å². The predicted octanol–water partition coefficient (Wildman–Crippen LogP) is 1.92. The fourth-order valence-corrected chi connectivity index (χ4v) is 4.60. The van der Waals surface area contributed by atoms with Gasteiger partial charge < -0.3 is 4.90 Å². The molecule has 0 bridgehead atoms. The lowest BCUT2D eigenvalue weighted by molar-refractivity contribution is -0.134. The van der Waals surface area contributed by atoms with Crippen LogP contribution in [-0.4, -0.2) is 46.3 Å². The average molecular weight is 374 g/mol. The second-order valence-corrected chi connectivity index (χ2v) is 9.08. The summed E-state index contributed by atoms with van der Waals surface area (Å²) >= 11 is 0. The molecule has 1 aromatic heterocycles. The molecule has 1 aliphatic carbocycles. The highest BCUT2D eigenvalue weighted by atomic mass is 32.2. The van der Waals surface area contributed by atoms with Crippen molar-refractivity contribution in [3.63, 3.8) is 0 Å². The van der Waals surface area contributed by atoms with Gasteiger partial charge in [-0.25, -0.2) is 18.1 Å². The van der Waals surface area contributed by atoms with Crippen molar-refractivity contribution in [3.8, 4) is 0 Å². The third kappa shape index (κ3) is 3.25. The molecule has 0 N–H and O–H groups in total. The quantitative estimate of drug-likeness (QED) is 0.798. The number of rotatable bonds is 5. The van der Waals surface area contributed by atoms with Crippen LogP contribution in [0.25, 0.3) is 0 Å². The first-order valence-corrected chi connectivity index (χ1v) is 10.6. The number of amides is 1. The van der Waals surface area contributed by atoms with Crippen LogP contribution >= 0.6 is 0 Å². The lowest BCUT2D eigenvalue weighted by Crippen LogP contribution is -2.42. The molecule has 26 heavy (non-hydrogen) atoms. The summed E-state index contributed by atoms with van der Waals surface area (Å²) in [4.78, 5) is 19.3. The zero-order valence-corrected chi connectivity index (χ0v) is 15.5. The van der Waals surface area contributed by atoms with Crippen molar-refractivity contribution in [2.24, 2.45) is 0 Å². The number of nitrogens with zero attached hydrogens (tertiary/aromatic N) is 4. The minimum atomic E-state index is -3.45. The molecule has 7 nitrogen and oxygen atoms in total. The van der Waals surface area contributed by atoms with Crippen LogP contribution in [0.1, 0.15) is 49.8 Å². The SMILES string of the molecule is C[C@@H]1c2nc(C3CC3)nn2CCN1C(=O)CCS(=O)(=O)c1ccccc1. The molecule has 0 radical (unpaired) electrons. The molecular formula is C18H22N4O3S. The number of carbonyl (C=O) groups is 1. The van der Waals surface area contributed by atoms with E-state index in [0.29, 0.717) is 19.0 Å². The van der Waals surface area contributed by atoms with E-state index in [2.05, 4.69) is 10.1 Å². The fraction of sp³-hybridized carbons (Fsp3) is 0.500. The molecule has 1 fully saturated rings. The van der Waals surface area contributed by atoms with Gasteiger partial charge >= 0.3 is 0 Å². The molecule has 1 amide bonds. The molecule has 2 heterocycles. The molecule has 0 unspecified atom stereocenters. The number of sulfone groups is 1. The van der Waals surface area contributed by atoms with Gasteiger partial charge in [-0.3, -0.25) is 4.79 Å². The van der Waals surface area contributed by atoms with Gasteiger partial charge in [-0.15, -0.1) is 0 Å². The lowest BCUT2D eigenvalue weighted by atomic mass is 10.2. The van der Waals surface area contributed by atoms with Crippen molar-refractivity contribution in [2.75, 3.05) is 12.3 Å². The Bertz CT molecular complexity index is 919. The maximum Gasteiger partial charge on any atom is 0.224 e. The van der Waals surface area contributed by atoms with Crippen LogP contribution in [0.15, 0.2) is 35.2 Å². The molecule has 1 aliphatic heterocycles. The van der Waals surface area contributed by atoms with Crippen LogP contribution in [0.4, 0.5) is 0 Å². The van der Waals surface area contributed by atoms with Gasteiger partial charge in [-0.1, -0.05) is 18.2 Å². The second kappa shape index (κ2) is 6.50. The van der Waals surface area contributed by atoms with Gasteiger partial charge in [0, 0.05) is 18.9 Å². The normalized spacial score (nSPS) is 20.0. The maximum absolute atomic E-state index is 12.7. The Morgan fingerprint density at radius 1 is 1.19 bits per heavy atom. The monoisotopic (exact) mass is 374 g/mol. The Hall–Kier alpha value is -2.22. The molecule has 0 saturated heterocycles. The van der Waals surface area contributed by atoms with E-state index in [0.717, 1.165) is 24.5 Å². The summed E-state index contributed by atoms with van der Waals surface area (Å²) in [5.74, 6) is 1.82. The molecule has 1 atom stereocenters. The molecule has 1 saturated carbocycles. The summed E-state index contributed by atoms with van der Waals surface area (Å²) in [5, 5.41) is 4.55. The molecule has 138 valence electrons. The zero-order chi connectivity index (χ0) is 18.3. The Labute approximate surface area is 152 Å². The first-order valence-electron chi connectivity index (χ1n) is 8.97. The number of hydrogen-bond acceptors (Lipinski definition) is 5. The number of fused-ring (bicyclic) bond motifs is 1. The van der Waals surface area contributed by atoms with Crippen molar-refractivity contribution in [1.82, 2.24) is 19.7 Å². The van der Waals surface area contributed by atoms with Crippen molar-refractivity contribution in [2.45, 2.75) is 49.6 Å². The van der Waals surface area contributed by atoms with Gasteiger partial charge in [0.25, 0.3) is 0 Å². The zero-order valence-electron chi connectivity index (χ0n) is 14.7. The molecule has 2 aliphatic rings. The van der Waals surface area contributed by atoms with E-state index in [1.165, 1.54) is 0 Å². The second-order valence-electron chi connectivity index (χ2n) is 6.97. The van der Waals surface area contributed by atoms with E-state index in [9.17, 15) is 13.2 Å². The summed E-state index contributed by atoms with van der Waals surface area (Å²) in [7, 11) is -3.45. The summed E-state index contributed by atoms with van der Waals surface area (Å²) < 4.78 is 26.7. The van der Waals surface area contributed by atoms with Crippen LogP contribution in [0.3, 0.4) is 0 Å². The van der Waals surface area contributed by atoms with E-state index >= 15 is 0 Å². The highest BCUT2D eigenvalue weighted by Gasteiger charge is 2.34. The smallest absolute Gasteiger partial charge is 0.224 e. The van der Waals surface area contributed by atoms with Crippen molar-refractivity contribution < 1.29 is 13.2 Å². The van der Waals surface area contributed by atoms with E-state index in [-0.39, 0.29) is 29.0 Å². The van der Waals surface area contributed by atoms with Gasteiger partial charge in [-0.05, 0) is 31.9 Å². The summed E-state index contributed by atoms with van der Waals surface area (Å²) in [6.45, 7) is 3.07. The molecular weight excluding hydrogens is 352 g/mol. The average Bonchev–Trinajstić information content (AvgIpc) is 3.40. The number of carbonyl (C=O) groups excluding carboxylic acids is 1. The van der Waals surface area contributed by atoms with Crippen molar-refractivity contribution in [1.29, 1.82) is 0 Å². The van der Waals surface area contributed by atoms with Gasteiger partial charge in [0.15, 0.2) is 15.7 Å². The minimum Gasteiger partial charge on any atom is -0.331 e. The molecule has 8 heteroatoms. The lowest BCUT2D eigenvalue weighted by Gasteiger charge is -2.33. The fourth-order valence-electron chi connectivity index (χ4n) is 3.35. The topological polar surface area (TPSA) is 85.2 Å². The largest absolute Gasteiger partial charge is 0.331 e. The van der Waals surface area contributed by atoms with E-state index in [1.807, 2.05) is 11.6 Å². The first-order chi connectivity index (χ1) is 12.5. The van der Waals surface area contributed by atoms with E-state index < -0.39 is 9.84 Å². The Balaban J connectivity index is 1.43. The predicted molar refractivity (Wildman–Crippen MR) is 95.2 cm³/mol. The van der Waals surface area contributed by atoms with Crippen molar-refractivity contribution in [3.05, 3.63) is 42.0 Å². The molecule has 1 aromatic carbocycles. The summed E-state index contributed by atoms with van der Waals surface area (Å²) in [6.07, 6.45) is 2.25. The van der Waals surface area contributed by atoms with Crippen molar-refractivity contribution >= 4 is 15.7 Å². The van der Waals surface area contributed by atoms with Crippen LogP contribution < -0.4 is 0 Å². The van der Waals surface area contributed by atoms with E-state index in [1.54, 1.807) is 35.2 Å². The van der Waals surface area contributed by atoms with Crippen LogP contribution in [0.5, 0.6) is 0 Å². The molecule has 2 aromatic rings. The third-order valence-electron chi connectivity index (χ3n) is 5.06. The van der Waals surface area contributed by atoms with Crippen LogP contribution in [-0.2, 0) is 21.2 Å². The summed E-state index contributed by atoms with van der Waals surface area (Å²) in [6, 6.07) is 8.08. The number of hydrogen-bond donors (Lipinski definition) is 0. The number of benzene rings is 1. The Kier molecular flexibility index (Phi) is 4.30. The standard InChI is InChI=1S/C18H22N4O3S/c1-13-18-19-17(14-7-8-14)20-22(18)11-10-21(13)16(23)9-12-26(24,25)15-5-3-2-4-6-15/h2-6,13-14H,7-12H2,1H3/t13-/m1/s1. The van der Waals surface area contributed by atoms with Gasteiger partial charge in [0.1, 0.15) is 5.82 Å². The highest BCUT2D eigenvalue weighted by molar-refractivity contribution is 7.91. The number of aromatic nitrogens is 3.